The summed E-state index contributed by atoms with van der Waals surface area (Å²) in [5.74, 6) is -0.146. The van der Waals surface area contributed by atoms with Gasteiger partial charge in [-0.3, -0.25) is 4.79 Å². The molecule has 38 heavy (non-hydrogen) atoms. The molecule has 0 radical (unpaired) electrons. The van der Waals surface area contributed by atoms with E-state index >= 15 is 0 Å². The van der Waals surface area contributed by atoms with E-state index < -0.39 is 18.2 Å². The van der Waals surface area contributed by atoms with Crippen molar-refractivity contribution in [2.45, 2.75) is 199 Å². The van der Waals surface area contributed by atoms with Gasteiger partial charge in [0.15, 0.2) is 0 Å². The smallest absolute Gasteiger partial charge is 0.220 e. The van der Waals surface area contributed by atoms with Crippen LogP contribution < -0.4 is 5.32 Å². The second-order valence-electron chi connectivity index (χ2n) is 11.7. The molecule has 0 aliphatic carbocycles. The molecule has 0 saturated heterocycles. The van der Waals surface area contributed by atoms with Crippen molar-refractivity contribution in [3.8, 4) is 0 Å². The number of carbonyl (C=O) groups excluding carboxylic acids is 1. The minimum absolute atomic E-state index is 0.146. The van der Waals surface area contributed by atoms with Crippen LogP contribution >= 0.6 is 0 Å². The predicted molar refractivity (Wildman–Crippen MR) is 162 cm³/mol. The van der Waals surface area contributed by atoms with Crippen LogP contribution in [0.5, 0.6) is 0 Å². The van der Waals surface area contributed by atoms with E-state index in [1.54, 1.807) is 0 Å². The molecule has 0 spiro atoms. The second kappa shape index (κ2) is 29.3. The van der Waals surface area contributed by atoms with Crippen LogP contribution in [-0.2, 0) is 4.79 Å². The van der Waals surface area contributed by atoms with E-state index in [2.05, 4.69) is 19.2 Å². The molecular weight excluding hydrogens is 474 g/mol. The Hall–Kier alpha value is -0.650. The van der Waals surface area contributed by atoms with E-state index in [4.69, 9.17) is 0 Å². The molecule has 0 saturated carbocycles. The van der Waals surface area contributed by atoms with Gasteiger partial charge in [-0.25, -0.2) is 0 Å². The van der Waals surface area contributed by atoms with Gasteiger partial charge in [0.1, 0.15) is 6.10 Å². The van der Waals surface area contributed by atoms with Crippen LogP contribution in [0, 0.1) is 0 Å². The highest BCUT2D eigenvalue weighted by molar-refractivity contribution is 5.76. The minimum Gasteiger partial charge on any atom is -0.394 e. The van der Waals surface area contributed by atoms with E-state index in [1.165, 1.54) is 116 Å². The highest BCUT2D eigenvalue weighted by atomic mass is 16.3. The van der Waals surface area contributed by atoms with Crippen molar-refractivity contribution in [3.63, 3.8) is 0 Å². The number of rotatable bonds is 30. The fraction of sp³-hybridized carbons (Fsp3) is 0.970. The molecule has 3 atom stereocenters. The van der Waals surface area contributed by atoms with Gasteiger partial charge in [-0.05, 0) is 12.8 Å². The third-order valence-electron chi connectivity index (χ3n) is 7.96. The molecule has 0 fully saturated rings. The number of hydrogen-bond donors (Lipinski definition) is 4. The van der Waals surface area contributed by atoms with Crippen LogP contribution in [0.15, 0.2) is 0 Å². The number of hydrogen-bond acceptors (Lipinski definition) is 4. The topological polar surface area (TPSA) is 89.8 Å². The summed E-state index contributed by atoms with van der Waals surface area (Å²) in [6.45, 7) is 4.15. The Balaban J connectivity index is 3.71. The quantitative estimate of drug-likeness (QED) is 0.0688. The van der Waals surface area contributed by atoms with Crippen molar-refractivity contribution in [2.24, 2.45) is 0 Å². The van der Waals surface area contributed by atoms with Crippen LogP contribution in [0.2, 0.25) is 0 Å². The summed E-state index contributed by atoms with van der Waals surface area (Å²) in [5, 5.41) is 33.2. The number of unbranched alkanes of at least 4 members (excludes halogenated alkanes) is 22. The molecule has 5 heteroatoms. The Morgan fingerprint density at radius 3 is 1.26 bits per heavy atom. The maximum atomic E-state index is 12.3. The van der Waals surface area contributed by atoms with Gasteiger partial charge in [-0.1, -0.05) is 162 Å². The number of aliphatic hydroxyl groups excluding tert-OH is 3. The van der Waals surface area contributed by atoms with Crippen LogP contribution in [0.4, 0.5) is 0 Å². The summed E-state index contributed by atoms with van der Waals surface area (Å²) in [7, 11) is 0. The standard InChI is InChI=1S/C33H67NO4/c1-3-5-7-9-11-13-15-17-19-21-23-25-27-31(36)33(38)30(29-35)34-32(37)28-26-24-22-20-18-16-14-12-10-8-6-4-2/h30-31,33,35-36,38H,3-29H2,1-2H3,(H,34,37)/t30-,31+,33-/m0/s1. The Labute approximate surface area is 237 Å². The minimum atomic E-state index is -1.13. The van der Waals surface area contributed by atoms with Crippen LogP contribution in [0.25, 0.3) is 0 Å². The van der Waals surface area contributed by atoms with Gasteiger partial charge in [-0.15, -0.1) is 0 Å². The third kappa shape index (κ3) is 24.4. The summed E-state index contributed by atoms with van der Waals surface area (Å²) in [4.78, 5) is 12.3. The molecule has 1 amide bonds. The van der Waals surface area contributed by atoms with E-state index in [-0.39, 0.29) is 12.5 Å². The van der Waals surface area contributed by atoms with Crippen molar-refractivity contribution in [2.75, 3.05) is 6.61 Å². The lowest BCUT2D eigenvalue weighted by molar-refractivity contribution is -0.124. The second-order valence-corrected chi connectivity index (χ2v) is 11.7. The summed E-state index contributed by atoms with van der Waals surface area (Å²) < 4.78 is 0. The summed E-state index contributed by atoms with van der Waals surface area (Å²) in [6.07, 6.45) is 29.0. The normalized spacial score (nSPS) is 13.9. The first-order valence-corrected chi connectivity index (χ1v) is 16.8. The van der Waals surface area contributed by atoms with Gasteiger partial charge >= 0.3 is 0 Å². The molecule has 0 aliphatic rings. The molecule has 0 aromatic heterocycles. The van der Waals surface area contributed by atoms with E-state index in [0.29, 0.717) is 12.8 Å². The Morgan fingerprint density at radius 1 is 0.553 bits per heavy atom. The summed E-state index contributed by atoms with van der Waals surface area (Å²) in [5.41, 5.74) is 0. The first-order chi connectivity index (χ1) is 18.6. The molecule has 0 aromatic rings. The zero-order chi connectivity index (χ0) is 28.1. The number of amides is 1. The van der Waals surface area contributed by atoms with Gasteiger partial charge in [0.25, 0.3) is 0 Å². The third-order valence-corrected chi connectivity index (χ3v) is 7.96. The Bertz CT molecular complexity index is 488. The average Bonchev–Trinajstić information content (AvgIpc) is 2.92. The molecule has 5 nitrogen and oxygen atoms in total. The molecule has 0 unspecified atom stereocenters. The van der Waals surface area contributed by atoms with Gasteiger partial charge in [-0.2, -0.15) is 0 Å². The SMILES string of the molecule is CCCCCCCCCCCCCCC(=O)N[C@@H](CO)[C@H](O)[C@H](O)CCCCCCCCCCCCCC. The van der Waals surface area contributed by atoms with Crippen molar-refractivity contribution in [1.29, 1.82) is 0 Å². The van der Waals surface area contributed by atoms with E-state index in [1.807, 2.05) is 0 Å². The molecule has 0 bridgehead atoms. The summed E-state index contributed by atoms with van der Waals surface area (Å²) in [6, 6.07) is -0.799. The lowest BCUT2D eigenvalue weighted by Gasteiger charge is -2.26. The lowest BCUT2D eigenvalue weighted by Crippen LogP contribution is -2.50. The monoisotopic (exact) mass is 542 g/mol. The van der Waals surface area contributed by atoms with E-state index in [0.717, 1.165) is 38.5 Å². The zero-order valence-electron chi connectivity index (χ0n) is 25.6. The maximum absolute atomic E-state index is 12.3. The largest absolute Gasteiger partial charge is 0.394 e. The molecule has 0 heterocycles. The summed E-state index contributed by atoms with van der Waals surface area (Å²) >= 11 is 0. The predicted octanol–water partition coefficient (Wildman–Crippen LogP) is 8.37. The van der Waals surface area contributed by atoms with Crippen molar-refractivity contribution < 1.29 is 20.1 Å². The molecular formula is C33H67NO4. The maximum Gasteiger partial charge on any atom is 0.220 e. The number of carbonyl (C=O) groups is 1. The van der Waals surface area contributed by atoms with Gasteiger partial charge in [0.05, 0.1) is 18.8 Å². The highest BCUT2D eigenvalue weighted by Gasteiger charge is 2.26. The van der Waals surface area contributed by atoms with Gasteiger partial charge in [0.2, 0.25) is 5.91 Å². The molecule has 4 N–H and O–H groups in total. The molecule has 0 rings (SSSR count). The molecule has 228 valence electrons. The Kier molecular flexibility index (Phi) is 28.8. The molecule has 0 aromatic carbocycles. The van der Waals surface area contributed by atoms with Gasteiger partial charge in [0, 0.05) is 6.42 Å². The fourth-order valence-corrected chi connectivity index (χ4v) is 5.28. The average molecular weight is 542 g/mol. The number of aliphatic hydroxyl groups is 3. The number of nitrogens with one attached hydrogen (secondary N) is 1. The van der Waals surface area contributed by atoms with Crippen molar-refractivity contribution in [3.05, 3.63) is 0 Å². The Morgan fingerprint density at radius 2 is 0.895 bits per heavy atom. The van der Waals surface area contributed by atoms with Gasteiger partial charge < -0.3 is 20.6 Å². The van der Waals surface area contributed by atoms with Crippen molar-refractivity contribution in [1.82, 2.24) is 5.32 Å². The van der Waals surface area contributed by atoms with Crippen LogP contribution in [-0.4, -0.2) is 46.1 Å². The first kappa shape index (κ1) is 37.4. The van der Waals surface area contributed by atoms with Crippen molar-refractivity contribution >= 4 is 5.91 Å². The lowest BCUT2D eigenvalue weighted by atomic mass is 9.99. The van der Waals surface area contributed by atoms with Crippen LogP contribution in [0.1, 0.15) is 181 Å². The first-order valence-electron chi connectivity index (χ1n) is 16.8. The fourth-order valence-electron chi connectivity index (χ4n) is 5.28. The molecule has 0 aliphatic heterocycles. The van der Waals surface area contributed by atoms with E-state index in [9.17, 15) is 20.1 Å². The zero-order valence-corrected chi connectivity index (χ0v) is 25.6. The highest BCUT2D eigenvalue weighted by Crippen LogP contribution is 2.15. The van der Waals surface area contributed by atoms with Crippen LogP contribution in [0.3, 0.4) is 0 Å².